The summed E-state index contributed by atoms with van der Waals surface area (Å²) in [6.07, 6.45) is 8.40. The van der Waals surface area contributed by atoms with Crippen molar-refractivity contribution in [2.45, 2.75) is 59.3 Å². The van der Waals surface area contributed by atoms with Gasteiger partial charge >= 0.3 is 0 Å². The van der Waals surface area contributed by atoms with Crippen molar-refractivity contribution < 1.29 is 0 Å². The van der Waals surface area contributed by atoms with E-state index in [0.717, 1.165) is 0 Å². The maximum absolute atomic E-state index is 2.65. The van der Waals surface area contributed by atoms with Crippen LogP contribution in [-0.4, -0.2) is 24.5 Å². The summed E-state index contributed by atoms with van der Waals surface area (Å²) < 4.78 is 0. The second-order valence-corrected chi connectivity index (χ2v) is 5.52. The minimum atomic E-state index is 0.565. The van der Waals surface area contributed by atoms with E-state index < -0.39 is 0 Å². The van der Waals surface area contributed by atoms with Crippen molar-refractivity contribution in [1.29, 1.82) is 0 Å². The summed E-state index contributed by atoms with van der Waals surface area (Å²) in [6.45, 7) is 11.1. The maximum Gasteiger partial charge on any atom is -0.00185 e. The Labute approximate surface area is 89.9 Å². The summed E-state index contributed by atoms with van der Waals surface area (Å²) in [5, 5.41) is 0. The highest BCUT2D eigenvalue weighted by molar-refractivity contribution is 4.69. The highest BCUT2D eigenvalue weighted by Gasteiger charge is 2.15. The zero-order valence-electron chi connectivity index (χ0n) is 10.3. The van der Waals surface area contributed by atoms with Gasteiger partial charge in [0.15, 0.2) is 0 Å². The molecule has 0 atom stereocenters. The van der Waals surface area contributed by atoms with Gasteiger partial charge in [-0.2, -0.15) is 0 Å². The fourth-order valence-electron chi connectivity index (χ4n) is 2.14. The Kier molecular flexibility index (Phi) is 4.94. The first-order chi connectivity index (χ1) is 6.64. The highest BCUT2D eigenvalue weighted by atomic mass is 15.1. The fraction of sp³-hybridized carbons (Fsp3) is 1.00. The third-order valence-corrected chi connectivity index (χ3v) is 3.73. The predicted molar refractivity (Wildman–Crippen MR) is 63.6 cm³/mol. The third-order valence-electron chi connectivity index (χ3n) is 3.73. The van der Waals surface area contributed by atoms with Crippen molar-refractivity contribution in [3.05, 3.63) is 0 Å². The quantitative estimate of drug-likeness (QED) is 0.650. The lowest BCUT2D eigenvalue weighted by Gasteiger charge is -2.28. The van der Waals surface area contributed by atoms with Crippen LogP contribution in [-0.2, 0) is 0 Å². The lowest BCUT2D eigenvalue weighted by Crippen LogP contribution is -2.31. The largest absolute Gasteiger partial charge is 0.303 e. The Balaban J connectivity index is 2.08. The summed E-state index contributed by atoms with van der Waals surface area (Å²) in [4.78, 5) is 2.65. The van der Waals surface area contributed by atoms with Crippen molar-refractivity contribution >= 4 is 0 Å². The molecule has 1 rings (SSSR count). The van der Waals surface area contributed by atoms with Crippen molar-refractivity contribution in [3.8, 4) is 0 Å². The average molecular weight is 197 g/mol. The Morgan fingerprint density at radius 3 is 2.29 bits per heavy atom. The molecule has 0 aliphatic carbocycles. The van der Waals surface area contributed by atoms with E-state index in [1.165, 1.54) is 58.2 Å². The van der Waals surface area contributed by atoms with Gasteiger partial charge in [-0.15, -0.1) is 0 Å². The van der Waals surface area contributed by atoms with Crippen molar-refractivity contribution in [3.63, 3.8) is 0 Å². The van der Waals surface area contributed by atoms with Crippen LogP contribution in [0.3, 0.4) is 0 Å². The molecule has 1 aliphatic heterocycles. The zero-order valence-corrected chi connectivity index (χ0v) is 10.3. The van der Waals surface area contributed by atoms with E-state index in [0.29, 0.717) is 5.41 Å². The molecular formula is C13H27N. The number of rotatable bonds is 5. The molecule has 1 aliphatic rings. The van der Waals surface area contributed by atoms with E-state index in [1.807, 2.05) is 0 Å². The summed E-state index contributed by atoms with van der Waals surface area (Å²) in [5.74, 6) is 0. The highest BCUT2D eigenvalue weighted by Crippen LogP contribution is 2.26. The van der Waals surface area contributed by atoms with Crippen LogP contribution in [0.15, 0.2) is 0 Å². The van der Waals surface area contributed by atoms with Gasteiger partial charge in [0.25, 0.3) is 0 Å². The van der Waals surface area contributed by atoms with Crippen molar-refractivity contribution in [2.24, 2.45) is 5.41 Å². The van der Waals surface area contributed by atoms with Crippen LogP contribution in [0.4, 0.5) is 0 Å². The minimum Gasteiger partial charge on any atom is -0.303 e. The molecule has 0 bridgehead atoms. The molecule has 1 heteroatoms. The van der Waals surface area contributed by atoms with Gasteiger partial charge < -0.3 is 4.90 Å². The van der Waals surface area contributed by atoms with E-state index >= 15 is 0 Å². The van der Waals surface area contributed by atoms with E-state index in [9.17, 15) is 0 Å². The standard InChI is InChI=1S/C13H27N/c1-4-13(2,3)9-8-12-14-10-6-5-7-11-14/h4-12H2,1-3H3. The van der Waals surface area contributed by atoms with Gasteiger partial charge in [0, 0.05) is 0 Å². The Bertz CT molecular complexity index is 145. The second kappa shape index (κ2) is 5.75. The van der Waals surface area contributed by atoms with Crippen molar-refractivity contribution in [2.75, 3.05) is 19.6 Å². The van der Waals surface area contributed by atoms with Gasteiger partial charge in [-0.1, -0.05) is 33.6 Å². The lowest BCUT2D eigenvalue weighted by atomic mass is 9.85. The zero-order chi connectivity index (χ0) is 10.4. The number of nitrogens with zero attached hydrogens (tertiary/aromatic N) is 1. The second-order valence-electron chi connectivity index (χ2n) is 5.52. The molecule has 1 fully saturated rings. The van der Waals surface area contributed by atoms with E-state index in [-0.39, 0.29) is 0 Å². The molecule has 0 unspecified atom stereocenters. The fourth-order valence-corrected chi connectivity index (χ4v) is 2.14. The SMILES string of the molecule is CCC(C)(C)CCCN1CCCCC1. The molecule has 0 aromatic rings. The molecule has 0 N–H and O–H groups in total. The van der Waals surface area contributed by atoms with Gasteiger partial charge in [-0.3, -0.25) is 0 Å². The van der Waals surface area contributed by atoms with Gasteiger partial charge in [0.05, 0.1) is 0 Å². The Morgan fingerprint density at radius 2 is 1.71 bits per heavy atom. The first-order valence-corrected chi connectivity index (χ1v) is 6.36. The summed E-state index contributed by atoms with van der Waals surface area (Å²) >= 11 is 0. The molecule has 14 heavy (non-hydrogen) atoms. The molecule has 0 spiro atoms. The van der Waals surface area contributed by atoms with Crippen LogP contribution in [0.5, 0.6) is 0 Å². The Hall–Kier alpha value is -0.0400. The monoisotopic (exact) mass is 197 g/mol. The van der Waals surface area contributed by atoms with E-state index in [1.54, 1.807) is 0 Å². The first kappa shape index (κ1) is 12.0. The molecule has 1 heterocycles. The van der Waals surface area contributed by atoms with Crippen LogP contribution >= 0.6 is 0 Å². The average Bonchev–Trinajstić information content (AvgIpc) is 2.19. The normalized spacial score (nSPS) is 19.9. The molecular weight excluding hydrogens is 170 g/mol. The number of likely N-dealkylation sites (tertiary alicyclic amines) is 1. The van der Waals surface area contributed by atoms with Crippen LogP contribution in [0.25, 0.3) is 0 Å². The maximum atomic E-state index is 2.65. The lowest BCUT2D eigenvalue weighted by molar-refractivity contribution is 0.207. The molecule has 0 radical (unpaired) electrons. The van der Waals surface area contributed by atoms with E-state index in [4.69, 9.17) is 0 Å². The molecule has 1 nitrogen and oxygen atoms in total. The predicted octanol–water partition coefficient (Wildman–Crippen LogP) is 3.69. The van der Waals surface area contributed by atoms with Crippen LogP contribution in [0, 0.1) is 5.41 Å². The van der Waals surface area contributed by atoms with Gasteiger partial charge in [0.2, 0.25) is 0 Å². The number of hydrogen-bond donors (Lipinski definition) is 0. The van der Waals surface area contributed by atoms with Crippen LogP contribution in [0.2, 0.25) is 0 Å². The molecule has 0 aromatic carbocycles. The molecule has 0 saturated carbocycles. The molecule has 0 amide bonds. The Morgan fingerprint density at radius 1 is 1.07 bits per heavy atom. The van der Waals surface area contributed by atoms with Gasteiger partial charge in [-0.25, -0.2) is 0 Å². The van der Waals surface area contributed by atoms with Crippen LogP contribution < -0.4 is 0 Å². The molecule has 1 saturated heterocycles. The third kappa shape index (κ3) is 4.45. The smallest absolute Gasteiger partial charge is 0.00185 e. The summed E-state index contributed by atoms with van der Waals surface area (Å²) in [5.41, 5.74) is 0.565. The van der Waals surface area contributed by atoms with Gasteiger partial charge in [0.1, 0.15) is 0 Å². The van der Waals surface area contributed by atoms with Crippen molar-refractivity contribution in [1.82, 2.24) is 4.90 Å². The number of hydrogen-bond acceptors (Lipinski definition) is 1. The molecule has 84 valence electrons. The molecule has 0 aromatic heterocycles. The minimum absolute atomic E-state index is 0.565. The topological polar surface area (TPSA) is 3.24 Å². The summed E-state index contributed by atoms with van der Waals surface area (Å²) in [7, 11) is 0. The van der Waals surface area contributed by atoms with Gasteiger partial charge in [-0.05, 0) is 50.7 Å². The summed E-state index contributed by atoms with van der Waals surface area (Å²) in [6, 6.07) is 0. The van der Waals surface area contributed by atoms with E-state index in [2.05, 4.69) is 25.7 Å². The first-order valence-electron chi connectivity index (χ1n) is 6.36. The van der Waals surface area contributed by atoms with Crippen LogP contribution in [0.1, 0.15) is 59.3 Å². The number of piperidine rings is 1.